The number of benzene rings is 1. The standard InChI is InChI=1S/C17H23N3O/c18-15-12-20-9-8-17(15,19)16(13-4-2-1-3-5-13)14-6-10-21-11-7-14/h1-5,8-9,12,14-16H,6-7,10-11,18-19H2. The lowest BCUT2D eigenvalue weighted by molar-refractivity contribution is 0.0496. The summed E-state index contributed by atoms with van der Waals surface area (Å²) in [5, 5.41) is 0. The molecular weight excluding hydrogens is 262 g/mol. The van der Waals surface area contributed by atoms with Gasteiger partial charge in [0, 0.05) is 31.5 Å². The minimum atomic E-state index is -0.592. The van der Waals surface area contributed by atoms with E-state index in [-0.39, 0.29) is 12.0 Å². The van der Waals surface area contributed by atoms with E-state index in [1.165, 1.54) is 5.56 Å². The highest BCUT2D eigenvalue weighted by Gasteiger charge is 2.44. The van der Waals surface area contributed by atoms with Crippen molar-refractivity contribution in [1.82, 2.24) is 0 Å². The summed E-state index contributed by atoms with van der Waals surface area (Å²) >= 11 is 0. The molecule has 0 amide bonds. The van der Waals surface area contributed by atoms with E-state index in [9.17, 15) is 0 Å². The van der Waals surface area contributed by atoms with Crippen LogP contribution in [0.15, 0.2) is 47.6 Å². The van der Waals surface area contributed by atoms with Gasteiger partial charge in [0.25, 0.3) is 0 Å². The van der Waals surface area contributed by atoms with Crippen LogP contribution in [0, 0.1) is 5.92 Å². The van der Waals surface area contributed by atoms with E-state index in [1.54, 1.807) is 12.4 Å². The third-order valence-corrected chi connectivity index (χ3v) is 4.71. The molecule has 4 N–H and O–H groups in total. The fourth-order valence-corrected chi connectivity index (χ4v) is 3.54. The zero-order chi connectivity index (χ0) is 14.7. The van der Waals surface area contributed by atoms with E-state index in [0.29, 0.717) is 5.92 Å². The molecule has 1 saturated heterocycles. The number of hydrogen-bond donors (Lipinski definition) is 2. The number of nitrogens with zero attached hydrogens (tertiary/aromatic N) is 1. The zero-order valence-corrected chi connectivity index (χ0v) is 12.2. The fourth-order valence-electron chi connectivity index (χ4n) is 3.54. The molecule has 2 heterocycles. The highest BCUT2D eigenvalue weighted by Crippen LogP contribution is 2.41. The van der Waals surface area contributed by atoms with Crippen molar-refractivity contribution in [1.29, 1.82) is 0 Å². The number of hydrogen-bond acceptors (Lipinski definition) is 4. The molecule has 0 radical (unpaired) electrons. The van der Waals surface area contributed by atoms with Gasteiger partial charge in [-0.15, -0.1) is 0 Å². The first-order chi connectivity index (χ1) is 10.2. The molecule has 1 aromatic rings. The maximum atomic E-state index is 6.77. The van der Waals surface area contributed by atoms with E-state index in [1.807, 2.05) is 12.1 Å². The SMILES string of the molecule is NC1C=NC=CC1(N)C(c1ccccc1)C1CCOCC1. The first kappa shape index (κ1) is 14.4. The molecule has 0 saturated carbocycles. The van der Waals surface area contributed by atoms with Gasteiger partial charge in [0.1, 0.15) is 0 Å². The Morgan fingerprint density at radius 2 is 1.90 bits per heavy atom. The molecule has 1 fully saturated rings. The van der Waals surface area contributed by atoms with Crippen molar-refractivity contribution >= 4 is 6.21 Å². The molecule has 4 heteroatoms. The van der Waals surface area contributed by atoms with Crippen LogP contribution in [0.3, 0.4) is 0 Å². The summed E-state index contributed by atoms with van der Waals surface area (Å²) < 4.78 is 5.52. The van der Waals surface area contributed by atoms with Gasteiger partial charge in [0.2, 0.25) is 0 Å². The van der Waals surface area contributed by atoms with Crippen LogP contribution < -0.4 is 11.5 Å². The first-order valence-electron chi connectivity index (χ1n) is 7.60. The van der Waals surface area contributed by atoms with E-state index in [2.05, 4.69) is 29.3 Å². The predicted molar refractivity (Wildman–Crippen MR) is 85.3 cm³/mol. The molecule has 3 unspecified atom stereocenters. The fraction of sp³-hybridized carbons (Fsp3) is 0.471. The molecule has 3 rings (SSSR count). The van der Waals surface area contributed by atoms with Gasteiger partial charge >= 0.3 is 0 Å². The van der Waals surface area contributed by atoms with Crippen molar-refractivity contribution in [2.24, 2.45) is 22.4 Å². The minimum absolute atomic E-state index is 0.181. The summed E-state index contributed by atoms with van der Waals surface area (Å²) in [4.78, 5) is 4.14. The predicted octanol–water partition coefficient (Wildman–Crippen LogP) is 1.82. The van der Waals surface area contributed by atoms with Crippen molar-refractivity contribution in [3.63, 3.8) is 0 Å². The molecular formula is C17H23N3O. The Balaban J connectivity index is 1.99. The second-order valence-corrected chi connectivity index (χ2v) is 5.98. The van der Waals surface area contributed by atoms with Crippen LogP contribution in [0.2, 0.25) is 0 Å². The number of nitrogens with two attached hydrogens (primary N) is 2. The molecule has 2 aliphatic heterocycles. The van der Waals surface area contributed by atoms with Crippen LogP contribution in [0.4, 0.5) is 0 Å². The summed E-state index contributed by atoms with van der Waals surface area (Å²) in [5.41, 5.74) is 13.7. The quantitative estimate of drug-likeness (QED) is 0.889. The monoisotopic (exact) mass is 285 g/mol. The molecule has 112 valence electrons. The van der Waals surface area contributed by atoms with Gasteiger partial charge in [-0.3, -0.25) is 4.99 Å². The molecule has 4 nitrogen and oxygen atoms in total. The lowest BCUT2D eigenvalue weighted by atomic mass is 9.66. The highest BCUT2D eigenvalue weighted by atomic mass is 16.5. The average Bonchev–Trinajstić information content (AvgIpc) is 2.53. The van der Waals surface area contributed by atoms with Crippen molar-refractivity contribution in [3.05, 3.63) is 48.2 Å². The number of aliphatic imine (C=N–C) groups is 1. The van der Waals surface area contributed by atoms with Gasteiger partial charge < -0.3 is 16.2 Å². The first-order valence-corrected chi connectivity index (χ1v) is 7.60. The lowest BCUT2D eigenvalue weighted by Gasteiger charge is -2.44. The van der Waals surface area contributed by atoms with Crippen LogP contribution in [0.1, 0.15) is 24.3 Å². The average molecular weight is 285 g/mol. The zero-order valence-electron chi connectivity index (χ0n) is 12.2. The maximum Gasteiger partial charge on any atom is 0.0634 e. The van der Waals surface area contributed by atoms with Crippen LogP contribution in [-0.2, 0) is 4.74 Å². The topological polar surface area (TPSA) is 73.6 Å². The molecule has 21 heavy (non-hydrogen) atoms. The van der Waals surface area contributed by atoms with E-state index in [0.717, 1.165) is 26.1 Å². The van der Waals surface area contributed by atoms with Crippen molar-refractivity contribution in [2.75, 3.05) is 13.2 Å². The van der Waals surface area contributed by atoms with Crippen LogP contribution in [0.25, 0.3) is 0 Å². The molecule has 0 spiro atoms. The third-order valence-electron chi connectivity index (χ3n) is 4.71. The van der Waals surface area contributed by atoms with Gasteiger partial charge in [0.05, 0.1) is 11.6 Å². The Morgan fingerprint density at radius 1 is 1.19 bits per heavy atom. The van der Waals surface area contributed by atoms with Gasteiger partial charge in [-0.25, -0.2) is 0 Å². The second-order valence-electron chi connectivity index (χ2n) is 5.98. The van der Waals surface area contributed by atoms with Crippen LogP contribution >= 0.6 is 0 Å². The summed E-state index contributed by atoms with van der Waals surface area (Å²) in [5.74, 6) is 0.661. The Bertz CT molecular complexity index is 522. The molecule has 3 atom stereocenters. The summed E-state index contributed by atoms with van der Waals surface area (Å²) in [6.07, 6.45) is 7.56. The Hall–Kier alpha value is -1.49. The Morgan fingerprint density at radius 3 is 2.57 bits per heavy atom. The molecule has 0 bridgehead atoms. The molecule has 0 aromatic heterocycles. The molecule has 1 aromatic carbocycles. The van der Waals surface area contributed by atoms with E-state index >= 15 is 0 Å². The third kappa shape index (κ3) is 2.79. The van der Waals surface area contributed by atoms with E-state index in [4.69, 9.17) is 16.2 Å². The summed E-state index contributed by atoms with van der Waals surface area (Å²) in [6.45, 7) is 1.61. The second kappa shape index (κ2) is 6.10. The van der Waals surface area contributed by atoms with Crippen molar-refractivity contribution in [3.8, 4) is 0 Å². The molecule has 2 aliphatic rings. The van der Waals surface area contributed by atoms with Gasteiger partial charge in [-0.05, 0) is 30.4 Å². The summed E-state index contributed by atoms with van der Waals surface area (Å²) in [6, 6.07) is 10.2. The summed E-state index contributed by atoms with van der Waals surface area (Å²) in [7, 11) is 0. The van der Waals surface area contributed by atoms with Gasteiger partial charge in [0.15, 0.2) is 0 Å². The smallest absolute Gasteiger partial charge is 0.0634 e. The number of ether oxygens (including phenoxy) is 1. The Labute approximate surface area is 125 Å². The Kier molecular flexibility index (Phi) is 4.19. The van der Waals surface area contributed by atoms with E-state index < -0.39 is 5.54 Å². The number of rotatable bonds is 3. The largest absolute Gasteiger partial charge is 0.381 e. The van der Waals surface area contributed by atoms with Gasteiger partial charge in [-0.1, -0.05) is 30.3 Å². The van der Waals surface area contributed by atoms with Crippen LogP contribution in [0.5, 0.6) is 0 Å². The van der Waals surface area contributed by atoms with Crippen LogP contribution in [-0.4, -0.2) is 31.0 Å². The maximum absolute atomic E-state index is 6.77. The van der Waals surface area contributed by atoms with Gasteiger partial charge in [-0.2, -0.15) is 0 Å². The molecule has 0 aliphatic carbocycles. The lowest BCUT2D eigenvalue weighted by Crippen LogP contribution is -2.61. The van der Waals surface area contributed by atoms with Crippen molar-refractivity contribution in [2.45, 2.75) is 30.3 Å². The highest BCUT2D eigenvalue weighted by molar-refractivity contribution is 5.70. The van der Waals surface area contributed by atoms with Crippen molar-refractivity contribution < 1.29 is 4.74 Å². The normalized spacial score (nSPS) is 31.2. The minimum Gasteiger partial charge on any atom is -0.381 e.